The molecule has 0 saturated heterocycles. The molecule has 7 nitrogen and oxygen atoms in total. The molecule has 1 atom stereocenters. The Morgan fingerprint density at radius 2 is 1.78 bits per heavy atom. The highest BCUT2D eigenvalue weighted by atomic mass is 32.2. The number of ether oxygens (including phenoxy) is 2. The van der Waals surface area contributed by atoms with Gasteiger partial charge in [0, 0.05) is 12.4 Å². The number of esters is 1. The van der Waals surface area contributed by atoms with Crippen LogP contribution in [-0.2, 0) is 19.6 Å². The Morgan fingerprint density at radius 3 is 2.41 bits per heavy atom. The number of methoxy groups -OCH3 is 1. The number of fused-ring (bicyclic) bond motifs is 2. The third kappa shape index (κ3) is 3.60. The maximum atomic E-state index is 13.4. The fourth-order valence-corrected chi connectivity index (χ4v) is 4.86. The molecule has 0 spiro atoms. The second kappa shape index (κ2) is 7.94. The number of hydrogen-bond acceptors (Lipinski definition) is 6. The van der Waals surface area contributed by atoms with E-state index in [9.17, 15) is 18.0 Å². The van der Waals surface area contributed by atoms with Crippen molar-refractivity contribution in [2.75, 3.05) is 7.11 Å². The van der Waals surface area contributed by atoms with E-state index in [2.05, 4.69) is 0 Å². The lowest BCUT2D eigenvalue weighted by atomic mass is 9.88. The van der Waals surface area contributed by atoms with Crippen LogP contribution in [0, 0.1) is 6.92 Å². The third-order valence-corrected chi connectivity index (χ3v) is 7.17. The standard InChI is InChI=1S/C24H23NO6S/c1-14(2)16-7-10-21-18(11-16)22(26)19-12-25(13-20(23(19)31-21)24(27)30-4)32(28,29)17-8-5-15(3)6-9-17/h5-14,23H,1-4H3. The van der Waals surface area contributed by atoms with E-state index in [0.29, 0.717) is 11.3 Å². The number of nitrogens with zero attached hydrogens (tertiary/aromatic N) is 1. The van der Waals surface area contributed by atoms with Gasteiger partial charge in [0.05, 0.1) is 28.7 Å². The normalized spacial score (nSPS) is 17.7. The van der Waals surface area contributed by atoms with E-state index in [1.165, 1.54) is 25.4 Å². The predicted octanol–water partition coefficient (Wildman–Crippen LogP) is 3.71. The van der Waals surface area contributed by atoms with E-state index in [4.69, 9.17) is 9.47 Å². The Labute approximate surface area is 187 Å². The lowest BCUT2D eigenvalue weighted by Crippen LogP contribution is -2.40. The van der Waals surface area contributed by atoms with Gasteiger partial charge in [-0.1, -0.05) is 37.6 Å². The minimum Gasteiger partial charge on any atom is -0.480 e. The van der Waals surface area contributed by atoms with E-state index in [-0.39, 0.29) is 22.0 Å². The SMILES string of the molecule is COC(=O)C1=CN(S(=O)(=O)c2ccc(C)cc2)C=C2C(=O)c3cc(C(C)C)ccc3OC12. The Morgan fingerprint density at radius 1 is 1.09 bits per heavy atom. The fraction of sp³-hybridized carbons (Fsp3) is 0.250. The maximum absolute atomic E-state index is 13.4. The van der Waals surface area contributed by atoms with Gasteiger partial charge in [0.1, 0.15) is 5.75 Å². The van der Waals surface area contributed by atoms with Crippen molar-refractivity contribution >= 4 is 21.8 Å². The summed E-state index contributed by atoms with van der Waals surface area (Å²) in [6, 6.07) is 11.6. The van der Waals surface area contributed by atoms with Gasteiger partial charge in [0.25, 0.3) is 10.0 Å². The molecule has 32 heavy (non-hydrogen) atoms. The molecule has 4 rings (SSSR count). The quantitative estimate of drug-likeness (QED) is 0.656. The number of ketones is 1. The molecule has 0 aromatic heterocycles. The minimum atomic E-state index is -4.06. The van der Waals surface area contributed by atoms with Crippen molar-refractivity contribution in [3.05, 3.63) is 82.7 Å². The molecule has 0 N–H and O–H groups in total. The summed E-state index contributed by atoms with van der Waals surface area (Å²) in [4.78, 5) is 25.9. The first-order chi connectivity index (χ1) is 15.1. The Balaban J connectivity index is 1.85. The van der Waals surface area contributed by atoms with Crippen molar-refractivity contribution in [2.24, 2.45) is 0 Å². The first-order valence-corrected chi connectivity index (χ1v) is 11.5. The fourth-order valence-electron chi connectivity index (χ4n) is 3.64. The van der Waals surface area contributed by atoms with Crippen molar-refractivity contribution in [1.29, 1.82) is 0 Å². The maximum Gasteiger partial charge on any atom is 0.339 e. The molecule has 8 heteroatoms. The van der Waals surface area contributed by atoms with Crippen LogP contribution in [-0.4, -0.2) is 37.7 Å². The van der Waals surface area contributed by atoms with Gasteiger partial charge in [0.15, 0.2) is 11.9 Å². The smallest absolute Gasteiger partial charge is 0.339 e. The summed E-state index contributed by atoms with van der Waals surface area (Å²) in [5, 5.41) is 0. The molecule has 2 heterocycles. The summed E-state index contributed by atoms with van der Waals surface area (Å²) in [6.45, 7) is 5.86. The van der Waals surface area contributed by atoms with Crippen LogP contribution in [0.15, 0.2) is 70.9 Å². The molecular formula is C24H23NO6S. The van der Waals surface area contributed by atoms with E-state index in [1.807, 2.05) is 26.8 Å². The molecule has 166 valence electrons. The first kappa shape index (κ1) is 21.8. The summed E-state index contributed by atoms with van der Waals surface area (Å²) in [5.74, 6) is -0.640. The molecule has 0 saturated carbocycles. The van der Waals surface area contributed by atoms with Crippen LogP contribution in [0.5, 0.6) is 5.75 Å². The lowest BCUT2D eigenvalue weighted by Gasteiger charge is -2.33. The van der Waals surface area contributed by atoms with Crippen LogP contribution in [0.3, 0.4) is 0 Å². The largest absolute Gasteiger partial charge is 0.480 e. The number of rotatable bonds is 4. The summed E-state index contributed by atoms with van der Waals surface area (Å²) >= 11 is 0. The molecule has 2 aromatic carbocycles. The van der Waals surface area contributed by atoms with Crippen LogP contribution in [0.2, 0.25) is 0 Å². The molecule has 2 aromatic rings. The van der Waals surface area contributed by atoms with E-state index >= 15 is 0 Å². The van der Waals surface area contributed by atoms with Gasteiger partial charge in [-0.25, -0.2) is 17.5 Å². The number of sulfonamides is 1. The van der Waals surface area contributed by atoms with E-state index in [1.54, 1.807) is 24.3 Å². The monoisotopic (exact) mass is 453 g/mol. The zero-order valence-electron chi connectivity index (χ0n) is 18.2. The number of aryl methyl sites for hydroxylation is 1. The predicted molar refractivity (Wildman–Crippen MR) is 118 cm³/mol. The molecule has 2 aliphatic rings. The van der Waals surface area contributed by atoms with Gasteiger partial charge in [-0.05, 0) is 42.7 Å². The number of carbonyl (C=O) groups is 2. The summed E-state index contributed by atoms with van der Waals surface area (Å²) < 4.78 is 38.2. The van der Waals surface area contributed by atoms with Gasteiger partial charge in [-0.2, -0.15) is 0 Å². The highest BCUT2D eigenvalue weighted by Gasteiger charge is 2.42. The minimum absolute atomic E-state index is 0.0329. The Kier molecular flexibility index (Phi) is 5.42. The van der Waals surface area contributed by atoms with Gasteiger partial charge in [-0.3, -0.25) is 4.79 Å². The molecule has 0 fully saturated rings. The highest BCUT2D eigenvalue weighted by Crippen LogP contribution is 2.38. The van der Waals surface area contributed by atoms with Crippen molar-refractivity contribution in [2.45, 2.75) is 37.7 Å². The molecule has 0 radical (unpaired) electrons. The lowest BCUT2D eigenvalue weighted by molar-refractivity contribution is -0.137. The summed E-state index contributed by atoms with van der Waals surface area (Å²) in [6.07, 6.45) is 1.31. The van der Waals surface area contributed by atoms with Gasteiger partial charge in [-0.15, -0.1) is 0 Å². The van der Waals surface area contributed by atoms with Crippen LogP contribution in [0.25, 0.3) is 0 Å². The van der Waals surface area contributed by atoms with Gasteiger partial charge < -0.3 is 9.47 Å². The number of carbonyl (C=O) groups excluding carboxylic acids is 2. The highest BCUT2D eigenvalue weighted by molar-refractivity contribution is 7.89. The third-order valence-electron chi connectivity index (χ3n) is 5.54. The van der Waals surface area contributed by atoms with Gasteiger partial charge >= 0.3 is 5.97 Å². The number of benzene rings is 2. The molecule has 0 amide bonds. The summed E-state index contributed by atoms with van der Waals surface area (Å²) in [7, 11) is -2.87. The van der Waals surface area contributed by atoms with Crippen LogP contribution in [0.1, 0.15) is 41.3 Å². The van der Waals surface area contributed by atoms with Crippen molar-refractivity contribution < 1.29 is 27.5 Å². The van der Waals surface area contributed by atoms with Crippen molar-refractivity contribution in [3.63, 3.8) is 0 Å². The Bertz CT molecular complexity index is 1270. The second-order valence-electron chi connectivity index (χ2n) is 8.05. The number of hydrogen-bond donors (Lipinski definition) is 0. The van der Waals surface area contributed by atoms with E-state index in [0.717, 1.165) is 21.6 Å². The van der Waals surface area contributed by atoms with Crippen molar-refractivity contribution in [3.8, 4) is 5.75 Å². The zero-order valence-corrected chi connectivity index (χ0v) is 19.0. The van der Waals surface area contributed by atoms with Gasteiger partial charge in [0.2, 0.25) is 0 Å². The zero-order chi connectivity index (χ0) is 23.2. The van der Waals surface area contributed by atoms with Crippen LogP contribution >= 0.6 is 0 Å². The van der Waals surface area contributed by atoms with Crippen molar-refractivity contribution in [1.82, 2.24) is 4.31 Å². The molecular weight excluding hydrogens is 430 g/mol. The van der Waals surface area contributed by atoms with Crippen LogP contribution in [0.4, 0.5) is 0 Å². The molecule has 0 bridgehead atoms. The molecule has 2 aliphatic heterocycles. The molecule has 1 unspecified atom stereocenters. The van der Waals surface area contributed by atoms with Crippen LogP contribution < -0.4 is 4.74 Å². The second-order valence-corrected chi connectivity index (χ2v) is 9.89. The number of Topliss-reactive ketones (excluding diaryl/α,β-unsaturated/α-hetero) is 1. The summed E-state index contributed by atoms with van der Waals surface area (Å²) in [5.41, 5.74) is 2.16. The Hall–Kier alpha value is -3.39. The average molecular weight is 454 g/mol. The average Bonchev–Trinajstić information content (AvgIpc) is 2.78. The molecule has 0 aliphatic carbocycles. The first-order valence-electron chi connectivity index (χ1n) is 10.1. The topological polar surface area (TPSA) is 90.0 Å². The van der Waals surface area contributed by atoms with E-state index < -0.39 is 27.9 Å².